The molecule has 0 spiro atoms. The summed E-state index contributed by atoms with van der Waals surface area (Å²) < 4.78 is 0. The molecule has 2 rings (SSSR count). The van der Waals surface area contributed by atoms with Crippen LogP contribution in [0.25, 0.3) is 6.08 Å². The van der Waals surface area contributed by atoms with E-state index in [0.717, 1.165) is 11.1 Å². The van der Waals surface area contributed by atoms with Crippen molar-refractivity contribution in [3.8, 4) is 0 Å². The van der Waals surface area contributed by atoms with Gasteiger partial charge in [0.05, 0.1) is 0 Å². The van der Waals surface area contributed by atoms with Crippen molar-refractivity contribution in [1.82, 2.24) is 5.32 Å². The zero-order chi connectivity index (χ0) is 16.7. The number of anilines is 2. The van der Waals surface area contributed by atoms with Gasteiger partial charge in [-0.05, 0) is 42.3 Å². The Balaban J connectivity index is 1.92. The van der Waals surface area contributed by atoms with Crippen LogP contribution >= 0.6 is 0 Å². The summed E-state index contributed by atoms with van der Waals surface area (Å²) in [5.74, 6) is -0.159. The quantitative estimate of drug-likeness (QED) is 0.805. The van der Waals surface area contributed by atoms with Crippen molar-refractivity contribution in [3.63, 3.8) is 0 Å². The lowest BCUT2D eigenvalue weighted by molar-refractivity contribution is -0.114. The van der Waals surface area contributed by atoms with E-state index in [1.54, 1.807) is 30.5 Å². The fraction of sp³-hybridized carbons (Fsp3) is 0.111. The topological polar surface area (TPSA) is 70.2 Å². The molecule has 2 aromatic carbocycles. The third-order valence-corrected chi connectivity index (χ3v) is 3.11. The number of aryl methyl sites for hydroxylation is 1. The van der Waals surface area contributed by atoms with Crippen LogP contribution in [0, 0.1) is 6.92 Å². The second-order valence-electron chi connectivity index (χ2n) is 5.05. The molecule has 5 nitrogen and oxygen atoms in total. The van der Waals surface area contributed by atoms with Gasteiger partial charge in [-0.1, -0.05) is 30.3 Å². The Labute approximate surface area is 135 Å². The van der Waals surface area contributed by atoms with Crippen molar-refractivity contribution in [3.05, 3.63) is 65.9 Å². The normalized spacial score (nSPS) is 10.3. The van der Waals surface area contributed by atoms with Gasteiger partial charge in [-0.25, -0.2) is 4.79 Å². The van der Waals surface area contributed by atoms with Crippen molar-refractivity contribution >= 4 is 29.4 Å². The summed E-state index contributed by atoms with van der Waals surface area (Å²) >= 11 is 0. The molecule has 0 radical (unpaired) electrons. The van der Waals surface area contributed by atoms with Gasteiger partial charge < -0.3 is 16.0 Å². The van der Waals surface area contributed by atoms with E-state index in [-0.39, 0.29) is 11.9 Å². The van der Waals surface area contributed by atoms with Gasteiger partial charge in [-0.3, -0.25) is 4.79 Å². The lowest BCUT2D eigenvalue weighted by Gasteiger charge is -2.07. The first-order chi connectivity index (χ1) is 11.0. The standard InChI is InChI=1S/C18H19N3O2/c1-13-6-3-4-7-15(13)10-11-19-18(23)21-17-9-5-8-16(12-17)20-14(2)22/h3-12H,1-2H3,(H,20,22)(H2,19,21,23)/b11-10+. The molecule has 0 aliphatic rings. The van der Waals surface area contributed by atoms with Crippen LogP contribution < -0.4 is 16.0 Å². The van der Waals surface area contributed by atoms with E-state index in [0.29, 0.717) is 11.4 Å². The van der Waals surface area contributed by atoms with Gasteiger partial charge in [-0.15, -0.1) is 0 Å². The average Bonchev–Trinajstić information content (AvgIpc) is 2.49. The molecule has 0 atom stereocenters. The molecule has 0 aliphatic heterocycles. The molecule has 23 heavy (non-hydrogen) atoms. The lowest BCUT2D eigenvalue weighted by atomic mass is 10.1. The lowest BCUT2D eigenvalue weighted by Crippen LogP contribution is -2.23. The number of carbonyl (C=O) groups excluding carboxylic acids is 2. The molecule has 5 heteroatoms. The average molecular weight is 309 g/mol. The van der Waals surface area contributed by atoms with E-state index in [9.17, 15) is 9.59 Å². The number of hydrogen-bond acceptors (Lipinski definition) is 2. The van der Waals surface area contributed by atoms with E-state index in [2.05, 4.69) is 16.0 Å². The number of rotatable bonds is 4. The first kappa shape index (κ1) is 16.3. The minimum absolute atomic E-state index is 0.159. The number of carbonyl (C=O) groups is 2. The van der Waals surface area contributed by atoms with Gasteiger partial charge in [0.15, 0.2) is 0 Å². The van der Waals surface area contributed by atoms with Crippen LogP contribution in [0.1, 0.15) is 18.1 Å². The van der Waals surface area contributed by atoms with Crippen molar-refractivity contribution in [1.29, 1.82) is 0 Å². The predicted octanol–water partition coefficient (Wildman–Crippen LogP) is 3.75. The Kier molecular flexibility index (Phi) is 5.52. The summed E-state index contributed by atoms with van der Waals surface area (Å²) in [5, 5.41) is 8.02. The molecular formula is C18H19N3O2. The molecule has 0 saturated heterocycles. The highest BCUT2D eigenvalue weighted by Crippen LogP contribution is 2.15. The Morgan fingerprint density at radius 2 is 1.65 bits per heavy atom. The van der Waals surface area contributed by atoms with Crippen molar-refractivity contribution < 1.29 is 9.59 Å². The zero-order valence-corrected chi connectivity index (χ0v) is 13.1. The summed E-state index contributed by atoms with van der Waals surface area (Å²) in [5.41, 5.74) is 3.40. The first-order valence-electron chi connectivity index (χ1n) is 7.22. The summed E-state index contributed by atoms with van der Waals surface area (Å²) in [6, 6.07) is 14.5. The van der Waals surface area contributed by atoms with Gasteiger partial charge in [0.25, 0.3) is 0 Å². The highest BCUT2D eigenvalue weighted by molar-refractivity contribution is 5.93. The molecule has 0 aliphatic carbocycles. The van der Waals surface area contributed by atoms with Gasteiger partial charge in [0, 0.05) is 24.5 Å². The van der Waals surface area contributed by atoms with Crippen LogP contribution in [0.5, 0.6) is 0 Å². The molecular weight excluding hydrogens is 290 g/mol. The minimum Gasteiger partial charge on any atom is -0.326 e. The zero-order valence-electron chi connectivity index (χ0n) is 13.1. The van der Waals surface area contributed by atoms with Crippen LogP contribution in [0.15, 0.2) is 54.7 Å². The number of urea groups is 1. The number of amides is 3. The SMILES string of the molecule is CC(=O)Nc1cccc(NC(=O)N/C=C/c2ccccc2C)c1. The van der Waals surface area contributed by atoms with E-state index >= 15 is 0 Å². The molecule has 0 bridgehead atoms. The maximum atomic E-state index is 11.9. The van der Waals surface area contributed by atoms with Crippen molar-refractivity contribution in [2.45, 2.75) is 13.8 Å². The summed E-state index contributed by atoms with van der Waals surface area (Å²) in [6.07, 6.45) is 3.43. The van der Waals surface area contributed by atoms with Crippen LogP contribution in [0.2, 0.25) is 0 Å². The van der Waals surface area contributed by atoms with E-state index < -0.39 is 0 Å². The number of hydrogen-bond donors (Lipinski definition) is 3. The van der Waals surface area contributed by atoms with Crippen LogP contribution in [-0.4, -0.2) is 11.9 Å². The Hall–Kier alpha value is -3.08. The Morgan fingerprint density at radius 3 is 2.35 bits per heavy atom. The van der Waals surface area contributed by atoms with E-state index in [1.165, 1.54) is 6.92 Å². The molecule has 3 N–H and O–H groups in total. The highest BCUT2D eigenvalue weighted by Gasteiger charge is 2.01. The summed E-state index contributed by atoms with van der Waals surface area (Å²) in [6.45, 7) is 3.44. The summed E-state index contributed by atoms with van der Waals surface area (Å²) in [7, 11) is 0. The van der Waals surface area contributed by atoms with Gasteiger partial charge in [0.1, 0.15) is 0 Å². The minimum atomic E-state index is -0.352. The molecule has 0 saturated carbocycles. The maximum Gasteiger partial charge on any atom is 0.323 e. The van der Waals surface area contributed by atoms with Crippen LogP contribution in [0.3, 0.4) is 0 Å². The van der Waals surface area contributed by atoms with Gasteiger partial charge in [0.2, 0.25) is 5.91 Å². The fourth-order valence-electron chi connectivity index (χ4n) is 2.03. The number of benzene rings is 2. The second-order valence-corrected chi connectivity index (χ2v) is 5.05. The van der Waals surface area contributed by atoms with Gasteiger partial charge in [-0.2, -0.15) is 0 Å². The van der Waals surface area contributed by atoms with Crippen molar-refractivity contribution in [2.24, 2.45) is 0 Å². The fourth-order valence-corrected chi connectivity index (χ4v) is 2.03. The molecule has 0 fully saturated rings. The van der Waals surface area contributed by atoms with Crippen LogP contribution in [-0.2, 0) is 4.79 Å². The molecule has 3 amide bonds. The largest absolute Gasteiger partial charge is 0.326 e. The van der Waals surface area contributed by atoms with Crippen molar-refractivity contribution in [2.75, 3.05) is 10.6 Å². The molecule has 0 aromatic heterocycles. The number of nitrogens with one attached hydrogen (secondary N) is 3. The third-order valence-electron chi connectivity index (χ3n) is 3.11. The van der Waals surface area contributed by atoms with E-state index in [1.807, 2.05) is 37.3 Å². The Bertz CT molecular complexity index is 739. The van der Waals surface area contributed by atoms with Gasteiger partial charge >= 0.3 is 6.03 Å². The molecule has 2 aromatic rings. The first-order valence-corrected chi connectivity index (χ1v) is 7.22. The third kappa shape index (κ3) is 5.32. The van der Waals surface area contributed by atoms with Crippen LogP contribution in [0.4, 0.5) is 16.2 Å². The second kappa shape index (κ2) is 7.79. The molecule has 0 unspecified atom stereocenters. The monoisotopic (exact) mass is 309 g/mol. The predicted molar refractivity (Wildman–Crippen MR) is 93.1 cm³/mol. The Morgan fingerprint density at radius 1 is 0.957 bits per heavy atom. The molecule has 0 heterocycles. The smallest absolute Gasteiger partial charge is 0.323 e. The summed E-state index contributed by atoms with van der Waals surface area (Å²) in [4.78, 5) is 22.9. The maximum absolute atomic E-state index is 11.9. The highest BCUT2D eigenvalue weighted by atomic mass is 16.2. The molecule has 118 valence electrons. The van der Waals surface area contributed by atoms with E-state index in [4.69, 9.17) is 0 Å².